The Morgan fingerprint density at radius 2 is 2.04 bits per heavy atom. The summed E-state index contributed by atoms with van der Waals surface area (Å²) in [7, 11) is 0. The average Bonchev–Trinajstić information content (AvgIpc) is 2.97. The molecular weight excluding hydrogens is 347 g/mol. The number of nitrogens with zero attached hydrogens (tertiary/aromatic N) is 3. The van der Waals surface area contributed by atoms with E-state index in [1.165, 1.54) is 0 Å². The predicted molar refractivity (Wildman–Crippen MR) is 95.5 cm³/mol. The Balaban J connectivity index is 1.76. The topological polar surface area (TPSA) is 59.8 Å². The number of benzene rings is 1. The summed E-state index contributed by atoms with van der Waals surface area (Å²) in [5, 5.41) is 9.06. The smallest absolute Gasteiger partial charge is 0.253 e. The van der Waals surface area contributed by atoms with Gasteiger partial charge in [-0.1, -0.05) is 29.3 Å². The van der Waals surface area contributed by atoms with Crippen LogP contribution in [-0.4, -0.2) is 20.7 Å². The normalized spacial score (nSPS) is 11.2. The molecule has 0 saturated heterocycles. The second-order valence-corrected chi connectivity index (χ2v) is 6.58. The Kier molecular flexibility index (Phi) is 4.73. The highest BCUT2D eigenvalue weighted by Gasteiger charge is 2.12. The van der Waals surface area contributed by atoms with Crippen molar-refractivity contribution in [2.75, 3.05) is 0 Å². The Morgan fingerprint density at radius 3 is 2.75 bits per heavy atom. The van der Waals surface area contributed by atoms with E-state index >= 15 is 0 Å². The van der Waals surface area contributed by atoms with Gasteiger partial charge in [-0.15, -0.1) is 0 Å². The maximum Gasteiger partial charge on any atom is 0.253 e. The molecule has 124 valence electrons. The molecule has 2 heterocycles. The monoisotopic (exact) mass is 362 g/mol. The van der Waals surface area contributed by atoms with E-state index in [1.807, 2.05) is 18.5 Å². The molecule has 0 bridgehead atoms. The van der Waals surface area contributed by atoms with Crippen LogP contribution >= 0.6 is 23.2 Å². The summed E-state index contributed by atoms with van der Waals surface area (Å²) in [6.45, 7) is 4.38. The zero-order chi connectivity index (χ0) is 17.3. The van der Waals surface area contributed by atoms with Crippen molar-refractivity contribution in [3.63, 3.8) is 0 Å². The van der Waals surface area contributed by atoms with Crippen LogP contribution in [0.5, 0.6) is 0 Å². The molecular formula is C17H16Cl2N4O. The van der Waals surface area contributed by atoms with Crippen molar-refractivity contribution in [2.24, 2.45) is 0 Å². The first kappa shape index (κ1) is 16.7. The number of fused-ring (bicyclic) bond motifs is 1. The molecule has 3 aromatic rings. The lowest BCUT2D eigenvalue weighted by Gasteiger charge is -2.08. The number of aromatic nitrogens is 3. The van der Waals surface area contributed by atoms with E-state index < -0.39 is 0 Å². The van der Waals surface area contributed by atoms with Crippen LogP contribution in [0.2, 0.25) is 10.0 Å². The Labute approximate surface area is 149 Å². The Hall–Kier alpha value is -2.11. The van der Waals surface area contributed by atoms with Gasteiger partial charge < -0.3 is 5.32 Å². The van der Waals surface area contributed by atoms with Gasteiger partial charge in [0.1, 0.15) is 0 Å². The van der Waals surface area contributed by atoms with Crippen LogP contribution in [0.4, 0.5) is 0 Å². The van der Waals surface area contributed by atoms with Crippen LogP contribution in [-0.2, 0) is 6.54 Å². The summed E-state index contributed by atoms with van der Waals surface area (Å²) in [5.74, 6) is -0.215. The molecule has 1 amide bonds. The molecule has 2 aromatic heterocycles. The average molecular weight is 363 g/mol. The first-order chi connectivity index (χ1) is 11.5. The van der Waals surface area contributed by atoms with Crippen LogP contribution in [0, 0.1) is 0 Å². The van der Waals surface area contributed by atoms with Gasteiger partial charge in [-0.25, -0.2) is 9.67 Å². The number of carbonyl (C=O) groups excluding carboxylic acids is 1. The number of amides is 1. The molecule has 1 aromatic carbocycles. The van der Waals surface area contributed by atoms with Crippen molar-refractivity contribution in [1.29, 1.82) is 0 Å². The number of hydrogen-bond acceptors (Lipinski definition) is 3. The number of nitrogens with one attached hydrogen (secondary N) is 1. The quantitative estimate of drug-likeness (QED) is 0.754. The third-order valence-electron chi connectivity index (χ3n) is 3.64. The number of hydrogen-bond donors (Lipinski definition) is 1. The first-order valence-corrected chi connectivity index (χ1v) is 8.26. The van der Waals surface area contributed by atoms with E-state index in [4.69, 9.17) is 23.2 Å². The summed E-state index contributed by atoms with van der Waals surface area (Å²) in [4.78, 5) is 16.7. The summed E-state index contributed by atoms with van der Waals surface area (Å²) >= 11 is 12.0. The second-order valence-electron chi connectivity index (χ2n) is 5.74. The standard InChI is InChI=1S/C17H16Cl2N4O/c1-10(2)23-16-12(9-22-23)5-13(8-20-16)17(24)21-7-11-3-4-14(18)6-15(11)19/h3-6,8-10H,7H2,1-2H3,(H,21,24). The molecule has 1 N–H and O–H groups in total. The third kappa shape index (κ3) is 3.37. The molecule has 7 heteroatoms. The lowest BCUT2D eigenvalue weighted by molar-refractivity contribution is 0.0950. The summed E-state index contributed by atoms with van der Waals surface area (Å²) < 4.78 is 1.82. The minimum absolute atomic E-state index is 0.210. The van der Waals surface area contributed by atoms with Crippen molar-refractivity contribution >= 4 is 40.1 Å². The van der Waals surface area contributed by atoms with Crippen molar-refractivity contribution in [2.45, 2.75) is 26.4 Å². The number of halogens is 2. The zero-order valence-corrected chi connectivity index (χ0v) is 14.8. The second kappa shape index (κ2) is 6.79. The van der Waals surface area contributed by atoms with E-state index in [-0.39, 0.29) is 11.9 Å². The summed E-state index contributed by atoms with van der Waals surface area (Å²) in [5.41, 5.74) is 2.05. The van der Waals surface area contributed by atoms with Crippen LogP contribution in [0.1, 0.15) is 35.8 Å². The molecule has 0 atom stereocenters. The summed E-state index contributed by atoms with van der Waals surface area (Å²) in [6, 6.07) is 7.18. The molecule has 3 rings (SSSR count). The maximum atomic E-state index is 12.3. The maximum absolute atomic E-state index is 12.3. The SMILES string of the molecule is CC(C)n1ncc2cc(C(=O)NCc3ccc(Cl)cc3Cl)cnc21. The van der Waals surface area contributed by atoms with Crippen LogP contribution < -0.4 is 5.32 Å². The van der Waals surface area contributed by atoms with E-state index in [0.717, 1.165) is 16.6 Å². The minimum atomic E-state index is -0.215. The van der Waals surface area contributed by atoms with Gasteiger partial charge in [0.05, 0.1) is 11.8 Å². The largest absolute Gasteiger partial charge is 0.348 e. The van der Waals surface area contributed by atoms with Crippen LogP contribution in [0.3, 0.4) is 0 Å². The van der Waals surface area contributed by atoms with Gasteiger partial charge in [-0.2, -0.15) is 5.10 Å². The van der Waals surface area contributed by atoms with Gasteiger partial charge in [0, 0.05) is 34.2 Å². The molecule has 24 heavy (non-hydrogen) atoms. The zero-order valence-electron chi connectivity index (χ0n) is 13.3. The van der Waals surface area contributed by atoms with Crippen molar-refractivity contribution in [3.8, 4) is 0 Å². The highest BCUT2D eigenvalue weighted by atomic mass is 35.5. The highest BCUT2D eigenvalue weighted by molar-refractivity contribution is 6.35. The van der Waals surface area contributed by atoms with Gasteiger partial charge >= 0.3 is 0 Å². The van der Waals surface area contributed by atoms with Gasteiger partial charge in [-0.05, 0) is 37.6 Å². The van der Waals surface area contributed by atoms with Crippen molar-refractivity contribution in [3.05, 3.63) is 57.8 Å². The molecule has 5 nitrogen and oxygen atoms in total. The molecule has 0 unspecified atom stereocenters. The van der Waals surface area contributed by atoms with Gasteiger partial charge in [0.25, 0.3) is 5.91 Å². The lowest BCUT2D eigenvalue weighted by Crippen LogP contribution is -2.23. The van der Waals surface area contributed by atoms with Gasteiger partial charge in [-0.3, -0.25) is 4.79 Å². The molecule has 0 aliphatic heterocycles. The van der Waals surface area contributed by atoms with Gasteiger partial charge in [0.15, 0.2) is 5.65 Å². The first-order valence-electron chi connectivity index (χ1n) is 7.51. The predicted octanol–water partition coefficient (Wildman–Crippen LogP) is 4.25. The molecule has 0 saturated carbocycles. The van der Waals surface area contributed by atoms with E-state index in [1.54, 1.807) is 36.7 Å². The lowest BCUT2D eigenvalue weighted by atomic mass is 10.2. The minimum Gasteiger partial charge on any atom is -0.348 e. The molecule has 0 fully saturated rings. The third-order valence-corrected chi connectivity index (χ3v) is 4.23. The number of carbonyl (C=O) groups is 1. The molecule has 0 aliphatic rings. The molecule has 0 spiro atoms. The van der Waals surface area contributed by atoms with E-state index in [2.05, 4.69) is 15.4 Å². The molecule has 0 radical (unpaired) electrons. The van der Waals surface area contributed by atoms with Crippen LogP contribution in [0.25, 0.3) is 11.0 Å². The Bertz CT molecular complexity index is 905. The number of pyridine rings is 1. The van der Waals surface area contributed by atoms with Crippen molar-refractivity contribution in [1.82, 2.24) is 20.1 Å². The highest BCUT2D eigenvalue weighted by Crippen LogP contribution is 2.21. The van der Waals surface area contributed by atoms with Crippen LogP contribution in [0.15, 0.2) is 36.7 Å². The van der Waals surface area contributed by atoms with Gasteiger partial charge in [0.2, 0.25) is 0 Å². The fraction of sp³-hybridized carbons (Fsp3) is 0.235. The molecule has 0 aliphatic carbocycles. The van der Waals surface area contributed by atoms with E-state index in [0.29, 0.717) is 22.2 Å². The van der Waals surface area contributed by atoms with E-state index in [9.17, 15) is 4.79 Å². The van der Waals surface area contributed by atoms with Crippen molar-refractivity contribution < 1.29 is 4.79 Å². The fourth-order valence-electron chi connectivity index (χ4n) is 2.38. The summed E-state index contributed by atoms with van der Waals surface area (Å²) in [6.07, 6.45) is 3.27. The fourth-order valence-corrected chi connectivity index (χ4v) is 2.86. The number of rotatable bonds is 4. The Morgan fingerprint density at radius 1 is 1.25 bits per heavy atom.